The molecular formula is C20H14O6S3. The van der Waals surface area contributed by atoms with Crippen molar-refractivity contribution in [2.45, 2.75) is 9.79 Å². The van der Waals surface area contributed by atoms with E-state index in [4.69, 9.17) is 0 Å². The van der Waals surface area contributed by atoms with Gasteiger partial charge in [0.2, 0.25) is 0 Å². The van der Waals surface area contributed by atoms with Crippen LogP contribution in [0.4, 0.5) is 0 Å². The van der Waals surface area contributed by atoms with Gasteiger partial charge in [0.15, 0.2) is 0 Å². The number of esters is 4. The van der Waals surface area contributed by atoms with Crippen LogP contribution in [0.1, 0.15) is 41.4 Å². The molecule has 6 nitrogen and oxygen atoms in total. The third-order valence-corrected chi connectivity index (χ3v) is 7.72. The van der Waals surface area contributed by atoms with Gasteiger partial charge < -0.3 is 9.47 Å². The van der Waals surface area contributed by atoms with Crippen LogP contribution in [0.5, 0.6) is 0 Å². The van der Waals surface area contributed by atoms with E-state index in [1.54, 1.807) is 47.8 Å². The average molecular weight is 447 g/mol. The molecule has 0 fully saturated rings. The standard InChI is InChI=1S/C20H14O6S3/c21-17-13-3-1-11(9-15(13)19(23)25-17)28-7-5-27-6-8-29-12-2-4-14-16(10-12)20(24)26-18(14)22/h1-4,9-10H,5-8H2. The first-order valence-electron chi connectivity index (χ1n) is 8.67. The minimum absolute atomic E-state index is 0.329. The molecule has 2 aromatic carbocycles. The molecule has 0 N–H and O–H groups in total. The summed E-state index contributed by atoms with van der Waals surface area (Å²) < 4.78 is 9.19. The highest BCUT2D eigenvalue weighted by atomic mass is 32.2. The van der Waals surface area contributed by atoms with Gasteiger partial charge in [0, 0.05) is 32.8 Å². The highest BCUT2D eigenvalue weighted by Crippen LogP contribution is 2.28. The number of hydrogen-bond acceptors (Lipinski definition) is 9. The monoisotopic (exact) mass is 446 g/mol. The Balaban J connectivity index is 1.17. The molecule has 2 heterocycles. The molecular weight excluding hydrogens is 432 g/mol. The van der Waals surface area contributed by atoms with Crippen LogP contribution < -0.4 is 0 Å². The van der Waals surface area contributed by atoms with E-state index in [-0.39, 0.29) is 0 Å². The van der Waals surface area contributed by atoms with E-state index in [0.29, 0.717) is 22.3 Å². The van der Waals surface area contributed by atoms with Crippen LogP contribution in [-0.2, 0) is 9.47 Å². The summed E-state index contributed by atoms with van der Waals surface area (Å²) in [7, 11) is 0. The SMILES string of the molecule is O=C1OC(=O)c2cc(SCCSCCSc3ccc4c(c3)C(=O)OC4=O)ccc21. The van der Waals surface area contributed by atoms with Gasteiger partial charge in [-0.05, 0) is 36.4 Å². The average Bonchev–Trinajstić information content (AvgIpc) is 3.16. The predicted molar refractivity (Wildman–Crippen MR) is 111 cm³/mol. The fourth-order valence-corrected chi connectivity index (χ4v) is 5.86. The predicted octanol–water partition coefficient (Wildman–Crippen LogP) is 3.93. The first kappa shape index (κ1) is 20.1. The topological polar surface area (TPSA) is 86.7 Å². The van der Waals surface area contributed by atoms with Crippen molar-refractivity contribution in [3.8, 4) is 0 Å². The van der Waals surface area contributed by atoms with E-state index in [1.165, 1.54) is 0 Å². The lowest BCUT2D eigenvalue weighted by Gasteiger charge is -2.04. The molecule has 0 saturated heterocycles. The van der Waals surface area contributed by atoms with Crippen molar-refractivity contribution in [1.82, 2.24) is 0 Å². The van der Waals surface area contributed by atoms with Crippen LogP contribution >= 0.6 is 35.3 Å². The molecule has 0 bridgehead atoms. The molecule has 0 aliphatic carbocycles. The summed E-state index contributed by atoms with van der Waals surface area (Å²) in [4.78, 5) is 47.9. The Bertz CT molecular complexity index is 951. The van der Waals surface area contributed by atoms with Gasteiger partial charge in [-0.15, -0.1) is 23.5 Å². The first-order chi connectivity index (χ1) is 14.0. The van der Waals surface area contributed by atoms with Gasteiger partial charge in [-0.2, -0.15) is 11.8 Å². The maximum atomic E-state index is 11.6. The van der Waals surface area contributed by atoms with E-state index >= 15 is 0 Å². The third-order valence-electron chi connectivity index (χ3n) is 4.23. The summed E-state index contributed by atoms with van der Waals surface area (Å²) in [6.45, 7) is 0. The quantitative estimate of drug-likeness (QED) is 0.259. The van der Waals surface area contributed by atoms with Crippen molar-refractivity contribution >= 4 is 59.2 Å². The highest BCUT2D eigenvalue weighted by Gasteiger charge is 2.30. The van der Waals surface area contributed by atoms with E-state index in [0.717, 1.165) is 32.8 Å². The second-order valence-corrected chi connectivity index (χ2v) is 9.64. The number of rotatable bonds is 8. The molecule has 2 aliphatic heterocycles. The Morgan fingerprint density at radius 2 is 0.966 bits per heavy atom. The normalized spacial score (nSPS) is 14.6. The van der Waals surface area contributed by atoms with E-state index in [2.05, 4.69) is 9.47 Å². The minimum atomic E-state index is -0.582. The summed E-state index contributed by atoms with van der Waals surface area (Å²) in [5.41, 5.74) is 1.33. The second kappa shape index (κ2) is 8.64. The highest BCUT2D eigenvalue weighted by molar-refractivity contribution is 8.04. The molecule has 0 aromatic heterocycles. The van der Waals surface area contributed by atoms with Crippen molar-refractivity contribution in [1.29, 1.82) is 0 Å². The first-order valence-corrected chi connectivity index (χ1v) is 11.8. The minimum Gasteiger partial charge on any atom is -0.386 e. The van der Waals surface area contributed by atoms with E-state index < -0.39 is 23.9 Å². The third kappa shape index (κ3) is 4.36. The van der Waals surface area contributed by atoms with Crippen LogP contribution in [0.3, 0.4) is 0 Å². The van der Waals surface area contributed by atoms with Gasteiger partial charge >= 0.3 is 23.9 Å². The molecule has 2 aliphatic rings. The Morgan fingerprint density at radius 1 is 0.552 bits per heavy atom. The van der Waals surface area contributed by atoms with Crippen molar-refractivity contribution in [2.75, 3.05) is 23.0 Å². The number of hydrogen-bond donors (Lipinski definition) is 0. The molecule has 9 heteroatoms. The maximum Gasteiger partial charge on any atom is 0.346 e. The molecule has 0 unspecified atom stereocenters. The van der Waals surface area contributed by atoms with Crippen LogP contribution in [0, 0.1) is 0 Å². The molecule has 0 atom stereocenters. The lowest BCUT2D eigenvalue weighted by atomic mass is 10.1. The smallest absolute Gasteiger partial charge is 0.346 e. The molecule has 0 saturated carbocycles. The summed E-state index contributed by atoms with van der Waals surface area (Å²) in [5, 5.41) is 0. The number of carbonyl (C=O) groups is 4. The Morgan fingerprint density at radius 3 is 1.41 bits per heavy atom. The molecule has 0 spiro atoms. The Kier molecular flexibility index (Phi) is 5.98. The largest absolute Gasteiger partial charge is 0.386 e. The van der Waals surface area contributed by atoms with Crippen LogP contribution in [0.2, 0.25) is 0 Å². The summed E-state index contributed by atoms with van der Waals surface area (Å²) in [6, 6.07) is 10.3. The second-order valence-electron chi connectivity index (χ2n) is 6.08. The number of ether oxygens (including phenoxy) is 2. The number of fused-ring (bicyclic) bond motifs is 2. The van der Waals surface area contributed by atoms with Crippen LogP contribution in [0.25, 0.3) is 0 Å². The molecule has 2 aromatic rings. The van der Waals surface area contributed by atoms with Gasteiger partial charge in [0.05, 0.1) is 22.3 Å². The van der Waals surface area contributed by atoms with Gasteiger partial charge in [0.25, 0.3) is 0 Å². The zero-order valence-corrected chi connectivity index (χ0v) is 17.4. The van der Waals surface area contributed by atoms with Crippen molar-refractivity contribution in [3.05, 3.63) is 58.7 Å². The summed E-state index contributed by atoms with van der Waals surface area (Å²) >= 11 is 5.07. The lowest BCUT2D eigenvalue weighted by molar-refractivity contribution is 0.0425. The van der Waals surface area contributed by atoms with Crippen molar-refractivity contribution in [2.24, 2.45) is 0 Å². The number of cyclic esters (lactones) is 4. The van der Waals surface area contributed by atoms with E-state index in [9.17, 15) is 19.2 Å². The Labute approximate surface area is 179 Å². The molecule has 29 heavy (non-hydrogen) atoms. The fourth-order valence-electron chi connectivity index (χ4n) is 2.85. The molecule has 0 amide bonds. The van der Waals surface area contributed by atoms with E-state index in [1.807, 2.05) is 23.9 Å². The van der Waals surface area contributed by atoms with Gasteiger partial charge in [0.1, 0.15) is 0 Å². The maximum absolute atomic E-state index is 11.6. The van der Waals surface area contributed by atoms with Crippen molar-refractivity contribution < 1.29 is 28.7 Å². The lowest BCUT2D eigenvalue weighted by Crippen LogP contribution is -1.96. The zero-order chi connectivity index (χ0) is 20.4. The number of carbonyl (C=O) groups excluding carboxylic acids is 4. The molecule has 148 valence electrons. The van der Waals surface area contributed by atoms with Crippen LogP contribution in [-0.4, -0.2) is 46.9 Å². The fraction of sp³-hybridized carbons (Fsp3) is 0.200. The summed E-state index contributed by atoms with van der Waals surface area (Å²) in [6.07, 6.45) is 0. The van der Waals surface area contributed by atoms with Crippen molar-refractivity contribution in [3.63, 3.8) is 0 Å². The van der Waals surface area contributed by atoms with Gasteiger partial charge in [-0.3, -0.25) is 0 Å². The summed E-state index contributed by atoms with van der Waals surface area (Å²) in [5.74, 6) is 1.32. The number of benzene rings is 2. The van der Waals surface area contributed by atoms with Gasteiger partial charge in [-0.1, -0.05) is 0 Å². The van der Waals surface area contributed by atoms with Gasteiger partial charge in [-0.25, -0.2) is 19.2 Å². The number of thioether (sulfide) groups is 3. The zero-order valence-electron chi connectivity index (χ0n) is 15.0. The Hall–Kier alpha value is -2.23. The molecule has 4 rings (SSSR count). The molecule has 0 radical (unpaired) electrons. The van der Waals surface area contributed by atoms with Crippen LogP contribution in [0.15, 0.2) is 46.2 Å².